The zero-order valence-electron chi connectivity index (χ0n) is 63.8. The highest BCUT2D eigenvalue weighted by Gasteiger charge is 2.43. The lowest BCUT2D eigenvalue weighted by Gasteiger charge is -2.31. The Bertz CT molecular complexity index is 3350. The number of rotatable bonds is 34. The van der Waals surface area contributed by atoms with Crippen LogP contribution in [0.4, 0.5) is 0 Å². The third kappa shape index (κ3) is 26.1. The molecule has 3 aliphatic rings. The number of carbonyl (C=O) groups excluding carboxylic acids is 5. The van der Waals surface area contributed by atoms with E-state index >= 15 is 0 Å². The number of nitrogens with two attached hydrogens (primary N) is 2. The van der Waals surface area contributed by atoms with E-state index in [2.05, 4.69) is 49.6 Å². The second-order valence-electron chi connectivity index (χ2n) is 28.8. The van der Waals surface area contributed by atoms with E-state index in [1.807, 2.05) is 216 Å². The Kier molecular flexibility index (Phi) is 35.7. The SMILES string of the molecule is CCc1ccccc1OCCC[C@@H]1C[C@H](Oc2ccccc2)CN1C(=O)[C@@H](N)C(C)C.CCc1ccccc1OCCC[C@@H]1C[C@H](Oc2ccccc2)CN1C(=O)[C@@H](NC(=O)C(C)C)C(C)C.CCc1ccccc1OCCC[C@@H]1C[C@H](Oc2ccccc2)CN1C(=O)[C@@H](NC(=O)[C@H](C)N)C(C)C.Cl. The molecule has 0 aromatic heterocycles. The molecule has 3 fully saturated rings. The highest BCUT2D eigenvalue weighted by Crippen LogP contribution is 2.32. The van der Waals surface area contributed by atoms with E-state index in [9.17, 15) is 24.0 Å². The fraction of sp³-hybridized carbons (Fsp3) is 0.518. The number of nitrogens with zero attached hydrogens (tertiary/aromatic N) is 3. The number of para-hydroxylation sites is 6. The molecule has 104 heavy (non-hydrogen) atoms. The Morgan fingerprint density at radius 1 is 0.404 bits per heavy atom. The van der Waals surface area contributed by atoms with Crippen LogP contribution < -0.4 is 50.5 Å². The number of likely N-dealkylation sites (tertiary alicyclic amines) is 3. The molecule has 0 spiro atoms. The van der Waals surface area contributed by atoms with Gasteiger partial charge >= 0.3 is 0 Å². The van der Waals surface area contributed by atoms with E-state index in [0.29, 0.717) is 39.5 Å². The van der Waals surface area contributed by atoms with Gasteiger partial charge in [0, 0.05) is 43.3 Å². The van der Waals surface area contributed by atoms with Crippen LogP contribution in [0.25, 0.3) is 0 Å². The van der Waals surface area contributed by atoms with Crippen molar-refractivity contribution in [2.45, 2.75) is 221 Å². The van der Waals surface area contributed by atoms with Crippen LogP contribution in [0.1, 0.15) is 158 Å². The lowest BCUT2D eigenvalue weighted by molar-refractivity contribution is -0.139. The number of ether oxygens (including phenoxy) is 6. The molecule has 6 aromatic rings. The first-order valence-corrected chi connectivity index (χ1v) is 37.9. The molecule has 6 aromatic carbocycles. The molecule has 19 heteroatoms. The summed E-state index contributed by atoms with van der Waals surface area (Å²) in [7, 11) is 0. The van der Waals surface area contributed by atoms with Crippen LogP contribution in [-0.4, -0.2) is 144 Å². The zero-order chi connectivity index (χ0) is 74.4. The van der Waals surface area contributed by atoms with E-state index in [-0.39, 0.29) is 102 Å². The summed E-state index contributed by atoms with van der Waals surface area (Å²) in [6.07, 6.45) is 9.89. The van der Waals surface area contributed by atoms with E-state index in [1.54, 1.807) is 6.92 Å². The topological polar surface area (TPSA) is 227 Å². The predicted octanol–water partition coefficient (Wildman–Crippen LogP) is 14.1. The molecule has 3 aliphatic heterocycles. The second kappa shape index (κ2) is 43.8. The molecule has 0 bridgehead atoms. The van der Waals surface area contributed by atoms with Gasteiger partial charge < -0.3 is 65.2 Å². The largest absolute Gasteiger partial charge is 0.493 e. The molecule has 568 valence electrons. The summed E-state index contributed by atoms with van der Waals surface area (Å²) in [5, 5.41) is 5.84. The van der Waals surface area contributed by atoms with Gasteiger partial charge in [0.1, 0.15) is 64.9 Å². The van der Waals surface area contributed by atoms with Crippen molar-refractivity contribution in [3.63, 3.8) is 0 Å². The molecule has 3 saturated heterocycles. The van der Waals surface area contributed by atoms with Gasteiger partial charge in [-0.1, -0.05) is 185 Å². The molecule has 9 rings (SSSR count). The van der Waals surface area contributed by atoms with Crippen LogP contribution in [0.2, 0.25) is 0 Å². The van der Waals surface area contributed by atoms with E-state index < -0.39 is 24.2 Å². The maximum absolute atomic E-state index is 13.7. The van der Waals surface area contributed by atoms with Crippen LogP contribution >= 0.6 is 12.4 Å². The van der Waals surface area contributed by atoms with Crippen molar-refractivity contribution >= 4 is 41.9 Å². The standard InChI is InChI=1S/C30H42N2O4.C29H41N3O4.C26H36N2O3.ClH/c1-6-23-13-10-11-17-27(23)35-18-12-14-24-19-26(36-25-15-8-7-9-16-25)20-32(24)30(34)28(21(2)3)31-29(33)22(4)5;1-5-22-12-9-10-16-26(22)35-17-11-13-23-18-25(36-24-14-7-6-8-15-24)19-32(23)29(34)27(20(2)3)31-28(33)21(4)30;1-4-20-11-8-9-15-24(20)30-16-10-12-21-17-23(31-22-13-6-5-7-14-22)18-28(21)26(29)25(27)19(2)3;/h7-11,13,15-17,21-22,24,26,28H,6,12,14,18-20H2,1-5H3,(H,31,33);6-10,12,14-16,20-21,23,25,27H,5,11,13,17-19,30H2,1-4H3,(H,31,33);5-9,11,13-15,19,21,23,25H,4,10,12,16-18,27H2,1-3H3;1H/t24-,26+,28+;21-,23+,25-,27-;21-,23+,25+;/m101./s1. The lowest BCUT2D eigenvalue weighted by Crippen LogP contribution is -2.55. The van der Waals surface area contributed by atoms with Crippen molar-refractivity contribution in [3.05, 3.63) is 180 Å². The van der Waals surface area contributed by atoms with Gasteiger partial charge in [0.05, 0.1) is 51.5 Å². The van der Waals surface area contributed by atoms with Crippen molar-refractivity contribution in [3.8, 4) is 34.5 Å². The molecule has 5 amide bonds. The van der Waals surface area contributed by atoms with Gasteiger partial charge in [0.15, 0.2) is 0 Å². The molecule has 0 radical (unpaired) electrons. The minimum atomic E-state index is -0.675. The summed E-state index contributed by atoms with van der Waals surface area (Å²) in [5.74, 6) is 4.60. The molecular formula is C85H120ClN7O11. The van der Waals surface area contributed by atoms with Gasteiger partial charge in [-0.25, -0.2) is 0 Å². The smallest absolute Gasteiger partial charge is 0.245 e. The highest BCUT2D eigenvalue weighted by molar-refractivity contribution is 5.90. The van der Waals surface area contributed by atoms with Crippen LogP contribution in [0, 0.1) is 23.7 Å². The first-order valence-electron chi connectivity index (χ1n) is 37.9. The Morgan fingerprint density at radius 2 is 0.692 bits per heavy atom. The van der Waals surface area contributed by atoms with E-state index in [4.69, 9.17) is 39.9 Å². The number of amides is 5. The number of hydrogen-bond donors (Lipinski definition) is 4. The third-order valence-electron chi connectivity index (χ3n) is 19.4. The maximum atomic E-state index is 13.7. The monoisotopic (exact) mass is 1450 g/mol. The van der Waals surface area contributed by atoms with Crippen LogP contribution in [0.3, 0.4) is 0 Å². The number of halogens is 1. The van der Waals surface area contributed by atoms with Crippen molar-refractivity contribution < 1.29 is 52.4 Å². The van der Waals surface area contributed by atoms with Gasteiger partial charge in [-0.3, -0.25) is 24.0 Å². The summed E-state index contributed by atoms with van der Waals surface area (Å²) in [6.45, 7) is 26.9. The van der Waals surface area contributed by atoms with E-state index in [0.717, 1.165) is 112 Å². The Hall–Kier alpha value is -8.32. The molecule has 0 saturated carbocycles. The highest BCUT2D eigenvalue weighted by atomic mass is 35.5. The Balaban J connectivity index is 0.000000244. The summed E-state index contributed by atoms with van der Waals surface area (Å²) in [6, 6.07) is 51.5. The first-order chi connectivity index (χ1) is 49.6. The summed E-state index contributed by atoms with van der Waals surface area (Å²) < 4.78 is 36.8. The summed E-state index contributed by atoms with van der Waals surface area (Å²) >= 11 is 0. The number of carbonyl (C=O) groups is 5. The summed E-state index contributed by atoms with van der Waals surface area (Å²) in [4.78, 5) is 71.0. The average molecular weight is 1450 g/mol. The normalized spacial score (nSPS) is 18.8. The number of aryl methyl sites for hydroxylation is 3. The van der Waals surface area contributed by atoms with Gasteiger partial charge in [0.25, 0.3) is 0 Å². The van der Waals surface area contributed by atoms with Crippen molar-refractivity contribution in [1.82, 2.24) is 25.3 Å². The first kappa shape index (κ1) is 84.6. The zero-order valence-corrected chi connectivity index (χ0v) is 64.6. The average Bonchev–Trinajstić information content (AvgIpc) is 1.61. The quantitative estimate of drug-likeness (QED) is 0.0276. The van der Waals surface area contributed by atoms with Crippen LogP contribution in [-0.2, 0) is 43.2 Å². The fourth-order valence-corrected chi connectivity index (χ4v) is 13.4. The van der Waals surface area contributed by atoms with E-state index in [1.165, 1.54) is 16.7 Å². The molecular weight excluding hydrogens is 1330 g/mol. The van der Waals surface area contributed by atoms with Crippen molar-refractivity contribution in [2.75, 3.05) is 39.5 Å². The third-order valence-corrected chi connectivity index (χ3v) is 19.4. The van der Waals surface area contributed by atoms with Crippen molar-refractivity contribution in [2.24, 2.45) is 35.1 Å². The molecule has 10 atom stereocenters. The molecule has 6 N–H and O–H groups in total. The Morgan fingerprint density at radius 3 is 0.971 bits per heavy atom. The predicted molar refractivity (Wildman–Crippen MR) is 417 cm³/mol. The van der Waals surface area contributed by atoms with Gasteiger partial charge in [0.2, 0.25) is 29.5 Å². The lowest BCUT2D eigenvalue weighted by atomic mass is 10.0. The number of nitrogens with one attached hydrogen (secondary N) is 2. The summed E-state index contributed by atoms with van der Waals surface area (Å²) in [5.41, 5.74) is 15.6. The Labute approximate surface area is 626 Å². The van der Waals surface area contributed by atoms with Crippen molar-refractivity contribution in [1.29, 1.82) is 0 Å². The molecule has 0 unspecified atom stereocenters. The number of hydrogen-bond acceptors (Lipinski definition) is 13. The molecule has 0 aliphatic carbocycles. The minimum Gasteiger partial charge on any atom is -0.493 e. The number of benzene rings is 6. The molecule has 18 nitrogen and oxygen atoms in total. The second-order valence-corrected chi connectivity index (χ2v) is 28.8. The van der Waals surface area contributed by atoms with Crippen LogP contribution in [0.15, 0.2) is 164 Å². The molecule has 3 heterocycles. The van der Waals surface area contributed by atoms with Crippen LogP contribution in [0.5, 0.6) is 34.5 Å². The minimum absolute atomic E-state index is 0. The fourth-order valence-electron chi connectivity index (χ4n) is 13.4. The van der Waals surface area contributed by atoms with Gasteiger partial charge in [-0.15, -0.1) is 12.4 Å². The maximum Gasteiger partial charge on any atom is 0.245 e. The van der Waals surface area contributed by atoms with Gasteiger partial charge in [-0.05, 0) is 154 Å². The van der Waals surface area contributed by atoms with Gasteiger partial charge in [-0.2, -0.15) is 0 Å².